The molecule has 0 unspecified atom stereocenters. The molecule has 0 fully saturated rings. The summed E-state index contributed by atoms with van der Waals surface area (Å²) in [6, 6.07) is 5.13. The molecule has 11 heteroatoms. The quantitative estimate of drug-likeness (QED) is 0.359. The highest BCUT2D eigenvalue weighted by atomic mass is 33.2. The number of benzene rings is 2. The van der Waals surface area contributed by atoms with Crippen molar-refractivity contribution < 1.29 is 38.8 Å². The summed E-state index contributed by atoms with van der Waals surface area (Å²) in [5.41, 5.74) is 0. The van der Waals surface area contributed by atoms with E-state index in [1.54, 1.807) is 0 Å². The van der Waals surface area contributed by atoms with Gasteiger partial charge >= 0.3 is 0 Å². The lowest BCUT2D eigenvalue weighted by molar-refractivity contribution is 0.358. The van der Waals surface area contributed by atoms with E-state index in [-0.39, 0.29) is 0 Å². The molecule has 0 saturated heterocycles. The molecular weight excluding hydrogens is 367 g/mol. The fourth-order valence-corrected chi connectivity index (χ4v) is 5.40. The monoisotopic (exact) mass is 372 g/mol. The first kappa shape index (κ1) is 17.3. The molecule has 0 aliphatic heterocycles. The molecule has 124 valence electrons. The second kappa shape index (κ2) is 5.57. The van der Waals surface area contributed by atoms with Crippen molar-refractivity contribution in [2.24, 2.45) is 0 Å². The molecule has 0 aliphatic rings. The van der Waals surface area contributed by atoms with Crippen molar-refractivity contribution in [3.63, 3.8) is 0 Å². The molecule has 0 aromatic heterocycles. The van der Waals surface area contributed by atoms with Gasteiger partial charge in [-0.05, 0) is 12.1 Å². The zero-order valence-corrected chi connectivity index (χ0v) is 12.4. The minimum Gasteiger partial charge on any atom is -0.207 e. The van der Waals surface area contributed by atoms with Gasteiger partial charge in [0.05, 0.1) is 4.90 Å². The maximum absolute atomic E-state index is 13.6. The molecule has 4 nitrogen and oxygen atoms in total. The Morgan fingerprint density at radius 3 is 1.39 bits per heavy atom. The van der Waals surface area contributed by atoms with Gasteiger partial charge in [-0.1, -0.05) is 18.2 Å². The molecule has 0 atom stereocenters. The van der Waals surface area contributed by atoms with E-state index in [1.807, 2.05) is 0 Å². The van der Waals surface area contributed by atoms with Crippen LogP contribution in [0.2, 0.25) is 0 Å². The summed E-state index contributed by atoms with van der Waals surface area (Å²) < 4.78 is 114. The third-order valence-corrected chi connectivity index (χ3v) is 7.84. The van der Waals surface area contributed by atoms with Crippen LogP contribution in [0.1, 0.15) is 0 Å². The van der Waals surface area contributed by atoms with Gasteiger partial charge in [0.2, 0.25) is 5.82 Å². The Bertz CT molecular complexity index is 957. The molecule has 2 rings (SSSR count). The molecule has 0 radical (unpaired) electrons. The third-order valence-electron chi connectivity index (χ3n) is 2.74. The van der Waals surface area contributed by atoms with Gasteiger partial charge in [0.1, 0.15) is 0 Å². The summed E-state index contributed by atoms with van der Waals surface area (Å²) in [5, 5.41) is 0. The minimum atomic E-state index is -5.94. The van der Waals surface area contributed by atoms with Gasteiger partial charge in [-0.25, -0.2) is 38.8 Å². The highest BCUT2D eigenvalue weighted by molar-refractivity contribution is 8.67. The lowest BCUT2D eigenvalue weighted by atomic mass is 10.3. The van der Waals surface area contributed by atoms with Crippen LogP contribution in [-0.4, -0.2) is 16.8 Å². The van der Waals surface area contributed by atoms with Crippen molar-refractivity contribution in [2.75, 3.05) is 0 Å². The summed E-state index contributed by atoms with van der Waals surface area (Å²) in [6.45, 7) is 0. The lowest BCUT2D eigenvalue weighted by Gasteiger charge is -2.10. The van der Waals surface area contributed by atoms with Crippen LogP contribution in [-0.2, 0) is 17.7 Å². The Kier molecular flexibility index (Phi) is 4.20. The van der Waals surface area contributed by atoms with E-state index in [0.29, 0.717) is 0 Å². The van der Waals surface area contributed by atoms with E-state index in [4.69, 9.17) is 0 Å². The first-order chi connectivity index (χ1) is 10.5. The first-order valence-electron chi connectivity index (χ1n) is 5.60. The second-order valence-corrected chi connectivity index (χ2v) is 9.45. The van der Waals surface area contributed by atoms with Crippen LogP contribution in [0.5, 0.6) is 0 Å². The maximum atomic E-state index is 13.6. The predicted octanol–water partition coefficient (Wildman–Crippen LogP) is 2.54. The SMILES string of the molecule is O=S(=O)(c1ccccc1)S(=O)(=O)c1c(F)c(F)c(F)c(F)c1F. The number of halogens is 5. The minimum absolute atomic E-state index is 0.791. The van der Waals surface area contributed by atoms with Gasteiger partial charge in [-0.15, -0.1) is 0 Å². The highest BCUT2D eigenvalue weighted by Crippen LogP contribution is 2.32. The number of hydrogen-bond donors (Lipinski definition) is 0. The van der Waals surface area contributed by atoms with Crippen LogP contribution in [0.3, 0.4) is 0 Å². The van der Waals surface area contributed by atoms with E-state index in [2.05, 4.69) is 0 Å². The van der Waals surface area contributed by atoms with Crippen molar-refractivity contribution in [3.8, 4) is 0 Å². The average Bonchev–Trinajstić information content (AvgIpc) is 2.51. The van der Waals surface area contributed by atoms with Crippen molar-refractivity contribution in [1.82, 2.24) is 0 Å². The van der Waals surface area contributed by atoms with Crippen molar-refractivity contribution in [3.05, 3.63) is 59.4 Å². The molecule has 0 spiro atoms. The van der Waals surface area contributed by atoms with Crippen molar-refractivity contribution >= 4 is 17.7 Å². The lowest BCUT2D eigenvalue weighted by Crippen LogP contribution is -2.21. The van der Waals surface area contributed by atoms with Crippen LogP contribution in [0.25, 0.3) is 0 Å². The summed E-state index contributed by atoms with van der Waals surface area (Å²) in [7, 11) is -11.4. The van der Waals surface area contributed by atoms with Gasteiger partial charge in [0.25, 0.3) is 17.7 Å². The van der Waals surface area contributed by atoms with Crippen LogP contribution in [0.15, 0.2) is 40.1 Å². The van der Waals surface area contributed by atoms with Gasteiger partial charge in [0, 0.05) is 0 Å². The zero-order chi connectivity index (χ0) is 17.6. The number of rotatable bonds is 3. The van der Waals surface area contributed by atoms with Crippen LogP contribution < -0.4 is 0 Å². The van der Waals surface area contributed by atoms with Crippen LogP contribution in [0.4, 0.5) is 22.0 Å². The fourth-order valence-electron chi connectivity index (χ4n) is 1.63. The largest absolute Gasteiger partial charge is 0.292 e. The van der Waals surface area contributed by atoms with Crippen molar-refractivity contribution in [1.29, 1.82) is 0 Å². The Labute approximate surface area is 126 Å². The Balaban J connectivity index is 2.87. The smallest absolute Gasteiger partial charge is 0.207 e. The Morgan fingerprint density at radius 2 is 0.957 bits per heavy atom. The van der Waals surface area contributed by atoms with Gasteiger partial charge in [0.15, 0.2) is 28.2 Å². The Hall–Kier alpha value is -2.01. The summed E-state index contributed by atoms with van der Waals surface area (Å²) in [4.78, 5) is -3.30. The maximum Gasteiger partial charge on any atom is 0.292 e. The highest BCUT2D eigenvalue weighted by Gasteiger charge is 2.42. The van der Waals surface area contributed by atoms with E-state index in [1.165, 1.54) is 6.07 Å². The standard InChI is InChI=1S/C12H5F5O4S2/c13-7-8(14)10(16)12(11(17)9(7)15)23(20,21)22(18,19)6-4-2-1-3-5-6/h1-5H. The predicted molar refractivity (Wildman–Crippen MR) is 67.0 cm³/mol. The Morgan fingerprint density at radius 1 is 0.565 bits per heavy atom. The molecule has 0 saturated carbocycles. The number of hydrogen-bond acceptors (Lipinski definition) is 4. The van der Waals surface area contributed by atoms with Crippen LogP contribution in [0, 0.1) is 29.1 Å². The van der Waals surface area contributed by atoms with Gasteiger partial charge in [-0.3, -0.25) is 0 Å². The molecule has 23 heavy (non-hydrogen) atoms. The van der Waals surface area contributed by atoms with E-state index in [9.17, 15) is 38.8 Å². The molecule has 0 N–H and O–H groups in total. The topological polar surface area (TPSA) is 68.3 Å². The second-order valence-electron chi connectivity index (χ2n) is 4.12. The molecule has 0 aliphatic carbocycles. The molecular formula is C12H5F5O4S2. The van der Waals surface area contributed by atoms with E-state index in [0.717, 1.165) is 24.3 Å². The molecule has 0 heterocycles. The van der Waals surface area contributed by atoms with E-state index < -0.39 is 56.6 Å². The third kappa shape index (κ3) is 2.49. The van der Waals surface area contributed by atoms with Gasteiger partial charge < -0.3 is 0 Å². The van der Waals surface area contributed by atoms with Gasteiger partial charge in [-0.2, -0.15) is 0 Å². The van der Waals surface area contributed by atoms with Crippen molar-refractivity contribution in [2.45, 2.75) is 9.79 Å². The first-order valence-corrected chi connectivity index (χ1v) is 9.08. The van der Waals surface area contributed by atoms with E-state index >= 15 is 0 Å². The molecule has 0 amide bonds. The normalized spacial score (nSPS) is 12.4. The molecule has 2 aromatic carbocycles. The molecule has 2 aromatic rings. The van der Waals surface area contributed by atoms with Crippen LogP contribution >= 0.6 is 0 Å². The molecule has 0 bridgehead atoms. The fraction of sp³-hybridized carbons (Fsp3) is 0. The summed E-state index contributed by atoms with van der Waals surface area (Å²) >= 11 is 0. The summed E-state index contributed by atoms with van der Waals surface area (Å²) in [6.07, 6.45) is 0. The average molecular weight is 372 g/mol. The summed E-state index contributed by atoms with van der Waals surface area (Å²) in [5.74, 6) is -13.2. The zero-order valence-electron chi connectivity index (χ0n) is 10.7.